The number of halogens is 2. The SMILES string of the molecule is CCn1cnnc1-c1cccc(Br)c1Cl. The molecule has 1 aromatic carbocycles. The lowest BCUT2D eigenvalue weighted by molar-refractivity contribution is 0.767. The van der Waals surface area contributed by atoms with Crippen molar-refractivity contribution >= 4 is 27.5 Å². The minimum Gasteiger partial charge on any atom is -0.314 e. The van der Waals surface area contributed by atoms with E-state index >= 15 is 0 Å². The van der Waals surface area contributed by atoms with Gasteiger partial charge in [-0.2, -0.15) is 0 Å². The highest BCUT2D eigenvalue weighted by Gasteiger charge is 2.11. The molecule has 0 saturated heterocycles. The summed E-state index contributed by atoms with van der Waals surface area (Å²) in [6, 6.07) is 5.77. The minimum atomic E-state index is 0.667. The van der Waals surface area contributed by atoms with E-state index in [0.29, 0.717) is 5.02 Å². The highest BCUT2D eigenvalue weighted by Crippen LogP contribution is 2.32. The molecule has 0 aliphatic rings. The van der Waals surface area contributed by atoms with Crippen LogP contribution in [0.5, 0.6) is 0 Å². The second-order valence-electron chi connectivity index (χ2n) is 3.04. The number of hydrogen-bond donors (Lipinski definition) is 0. The second kappa shape index (κ2) is 4.33. The molecule has 78 valence electrons. The van der Waals surface area contributed by atoms with E-state index in [1.807, 2.05) is 29.7 Å². The Bertz CT molecular complexity index is 481. The lowest BCUT2D eigenvalue weighted by Crippen LogP contribution is -1.96. The maximum atomic E-state index is 6.19. The molecule has 0 amide bonds. The smallest absolute Gasteiger partial charge is 0.165 e. The zero-order valence-electron chi connectivity index (χ0n) is 8.11. The van der Waals surface area contributed by atoms with Gasteiger partial charge in [-0.1, -0.05) is 17.7 Å². The van der Waals surface area contributed by atoms with Crippen LogP contribution >= 0.6 is 27.5 Å². The van der Waals surface area contributed by atoms with E-state index in [1.165, 1.54) is 0 Å². The summed E-state index contributed by atoms with van der Waals surface area (Å²) >= 11 is 9.57. The molecule has 0 bridgehead atoms. The van der Waals surface area contributed by atoms with Gasteiger partial charge in [-0.25, -0.2) is 0 Å². The van der Waals surface area contributed by atoms with Gasteiger partial charge in [-0.15, -0.1) is 10.2 Å². The first kappa shape index (κ1) is 10.6. The lowest BCUT2D eigenvalue weighted by Gasteiger charge is -2.06. The van der Waals surface area contributed by atoms with Crippen LogP contribution in [0.15, 0.2) is 29.0 Å². The average molecular weight is 287 g/mol. The molecule has 15 heavy (non-hydrogen) atoms. The molecular formula is C10H9BrClN3. The summed E-state index contributed by atoms with van der Waals surface area (Å²) in [6.45, 7) is 2.87. The molecule has 2 aromatic rings. The fourth-order valence-corrected chi connectivity index (χ4v) is 1.95. The summed E-state index contributed by atoms with van der Waals surface area (Å²) in [4.78, 5) is 0. The van der Waals surface area contributed by atoms with Gasteiger partial charge in [0.15, 0.2) is 5.82 Å². The topological polar surface area (TPSA) is 30.7 Å². The fourth-order valence-electron chi connectivity index (χ4n) is 1.37. The van der Waals surface area contributed by atoms with Gasteiger partial charge in [0.25, 0.3) is 0 Å². The van der Waals surface area contributed by atoms with Gasteiger partial charge >= 0.3 is 0 Å². The van der Waals surface area contributed by atoms with Gasteiger partial charge in [-0.05, 0) is 35.0 Å². The summed E-state index contributed by atoms with van der Waals surface area (Å²) in [5.41, 5.74) is 0.894. The molecule has 0 atom stereocenters. The van der Waals surface area contributed by atoms with E-state index in [9.17, 15) is 0 Å². The number of rotatable bonds is 2. The molecule has 0 unspecified atom stereocenters. The Labute approximate surface area is 101 Å². The summed E-state index contributed by atoms with van der Waals surface area (Å²) < 4.78 is 2.82. The molecule has 0 radical (unpaired) electrons. The van der Waals surface area contributed by atoms with Crippen LogP contribution in [0.2, 0.25) is 5.02 Å². The number of aromatic nitrogens is 3. The Morgan fingerprint density at radius 2 is 2.27 bits per heavy atom. The number of aryl methyl sites for hydroxylation is 1. The van der Waals surface area contributed by atoms with E-state index in [4.69, 9.17) is 11.6 Å². The van der Waals surface area contributed by atoms with Crippen molar-refractivity contribution in [3.8, 4) is 11.4 Å². The fraction of sp³-hybridized carbons (Fsp3) is 0.200. The highest BCUT2D eigenvalue weighted by molar-refractivity contribution is 9.10. The molecule has 0 aliphatic heterocycles. The first-order chi connectivity index (χ1) is 7.24. The average Bonchev–Trinajstić information content (AvgIpc) is 2.70. The van der Waals surface area contributed by atoms with Gasteiger partial charge in [-0.3, -0.25) is 0 Å². The molecule has 0 fully saturated rings. The van der Waals surface area contributed by atoms with Crippen molar-refractivity contribution in [3.05, 3.63) is 34.0 Å². The van der Waals surface area contributed by atoms with Gasteiger partial charge in [0.1, 0.15) is 6.33 Å². The first-order valence-electron chi connectivity index (χ1n) is 4.56. The predicted octanol–water partition coefficient (Wildman–Crippen LogP) is 3.38. The van der Waals surface area contributed by atoms with Crippen LogP contribution in [0.3, 0.4) is 0 Å². The largest absolute Gasteiger partial charge is 0.314 e. The Morgan fingerprint density at radius 3 is 3.00 bits per heavy atom. The Kier molecular flexibility index (Phi) is 3.07. The number of nitrogens with zero attached hydrogens (tertiary/aromatic N) is 3. The van der Waals surface area contributed by atoms with Crippen LogP contribution < -0.4 is 0 Å². The molecule has 3 nitrogen and oxygen atoms in total. The Hall–Kier alpha value is -0.870. The van der Waals surface area contributed by atoms with E-state index < -0.39 is 0 Å². The molecule has 0 saturated carbocycles. The third-order valence-electron chi connectivity index (χ3n) is 2.15. The van der Waals surface area contributed by atoms with Crippen molar-refractivity contribution in [1.82, 2.24) is 14.8 Å². The maximum Gasteiger partial charge on any atom is 0.165 e. The molecule has 2 rings (SSSR count). The second-order valence-corrected chi connectivity index (χ2v) is 4.27. The van der Waals surface area contributed by atoms with Crippen molar-refractivity contribution < 1.29 is 0 Å². The normalized spacial score (nSPS) is 10.6. The van der Waals surface area contributed by atoms with Crippen molar-refractivity contribution in [1.29, 1.82) is 0 Å². The summed E-state index contributed by atoms with van der Waals surface area (Å²) in [5.74, 6) is 0.795. The predicted molar refractivity (Wildman–Crippen MR) is 63.8 cm³/mol. The standard InChI is InChI=1S/C10H9BrClN3/c1-2-15-6-13-14-10(15)7-4-3-5-8(11)9(7)12/h3-6H,2H2,1H3. The van der Waals surface area contributed by atoms with Crippen LogP contribution in [0.4, 0.5) is 0 Å². The quantitative estimate of drug-likeness (QED) is 0.847. The zero-order chi connectivity index (χ0) is 10.8. The zero-order valence-corrected chi connectivity index (χ0v) is 10.5. The summed E-state index contributed by atoms with van der Waals surface area (Å²) in [7, 11) is 0. The minimum absolute atomic E-state index is 0.667. The Morgan fingerprint density at radius 1 is 1.47 bits per heavy atom. The van der Waals surface area contributed by atoms with Crippen molar-refractivity contribution in [3.63, 3.8) is 0 Å². The van der Waals surface area contributed by atoms with Crippen LogP contribution in [-0.4, -0.2) is 14.8 Å². The molecule has 0 aliphatic carbocycles. The summed E-state index contributed by atoms with van der Waals surface area (Å²) in [5, 5.41) is 8.61. The van der Waals surface area contributed by atoms with Gasteiger partial charge in [0.2, 0.25) is 0 Å². The molecular weight excluding hydrogens is 277 g/mol. The van der Waals surface area contributed by atoms with Gasteiger partial charge in [0.05, 0.1) is 5.02 Å². The van der Waals surface area contributed by atoms with Crippen LogP contribution in [-0.2, 0) is 6.54 Å². The highest BCUT2D eigenvalue weighted by atomic mass is 79.9. The van der Waals surface area contributed by atoms with Crippen molar-refractivity contribution in [2.45, 2.75) is 13.5 Å². The molecule has 5 heteroatoms. The lowest BCUT2D eigenvalue weighted by atomic mass is 10.2. The molecule has 1 heterocycles. The van der Waals surface area contributed by atoms with Crippen molar-refractivity contribution in [2.24, 2.45) is 0 Å². The summed E-state index contributed by atoms with van der Waals surface area (Å²) in [6.07, 6.45) is 1.70. The monoisotopic (exact) mass is 285 g/mol. The van der Waals surface area contributed by atoms with E-state index in [0.717, 1.165) is 22.4 Å². The van der Waals surface area contributed by atoms with E-state index in [2.05, 4.69) is 26.1 Å². The van der Waals surface area contributed by atoms with Crippen LogP contribution in [0.1, 0.15) is 6.92 Å². The molecule has 0 N–H and O–H groups in total. The number of hydrogen-bond acceptors (Lipinski definition) is 2. The molecule has 0 spiro atoms. The maximum absolute atomic E-state index is 6.19. The van der Waals surface area contributed by atoms with Crippen molar-refractivity contribution in [2.75, 3.05) is 0 Å². The van der Waals surface area contributed by atoms with Gasteiger partial charge < -0.3 is 4.57 Å². The van der Waals surface area contributed by atoms with Crippen LogP contribution in [0, 0.1) is 0 Å². The van der Waals surface area contributed by atoms with Crippen LogP contribution in [0.25, 0.3) is 11.4 Å². The molecule has 1 aromatic heterocycles. The first-order valence-corrected chi connectivity index (χ1v) is 5.73. The van der Waals surface area contributed by atoms with E-state index in [1.54, 1.807) is 6.33 Å². The van der Waals surface area contributed by atoms with E-state index in [-0.39, 0.29) is 0 Å². The van der Waals surface area contributed by atoms with Gasteiger partial charge in [0, 0.05) is 16.6 Å². The number of benzene rings is 1. The Balaban J connectivity index is 2.59. The third-order valence-corrected chi connectivity index (χ3v) is 3.45. The third kappa shape index (κ3) is 1.92.